The zero-order valence-corrected chi connectivity index (χ0v) is 11.7. The van der Waals surface area contributed by atoms with Crippen LogP contribution in [0.5, 0.6) is 0 Å². The number of hydrogen-bond donors (Lipinski definition) is 0. The topological polar surface area (TPSA) is 46.4 Å². The third kappa shape index (κ3) is 4.14. The molecule has 0 radical (unpaired) electrons. The van der Waals surface area contributed by atoms with Crippen LogP contribution in [0.4, 0.5) is 24.5 Å². The molecule has 4 nitrogen and oxygen atoms in total. The van der Waals surface area contributed by atoms with Gasteiger partial charge < -0.3 is 4.90 Å². The second kappa shape index (κ2) is 6.99. The van der Waals surface area contributed by atoms with Gasteiger partial charge in [-0.1, -0.05) is 0 Å². The maximum atomic E-state index is 13.0. The molecule has 0 aromatic heterocycles. The van der Waals surface area contributed by atoms with Crippen LogP contribution in [-0.2, 0) is 6.18 Å². The van der Waals surface area contributed by atoms with Crippen molar-refractivity contribution in [2.24, 2.45) is 0 Å². The lowest BCUT2D eigenvalue weighted by Gasteiger charge is -2.26. The molecule has 0 heterocycles. The summed E-state index contributed by atoms with van der Waals surface area (Å²) in [7, 11) is 0. The maximum absolute atomic E-state index is 13.0. The number of nitrogens with zero attached hydrogens (tertiary/aromatic N) is 2. The molecule has 0 aliphatic rings. The standard InChI is InChI=1S/C11H11Cl2F3N2O2/c12-3-5-17(6-4-13)10-2-1-8(18(19)20)7-9(10)11(14,15)16/h1-2,7H,3-6H2. The van der Waals surface area contributed by atoms with Crippen LogP contribution in [0.1, 0.15) is 5.56 Å². The molecule has 20 heavy (non-hydrogen) atoms. The molecule has 1 rings (SSSR count). The van der Waals surface area contributed by atoms with Crippen molar-refractivity contribution >= 4 is 34.6 Å². The first-order chi connectivity index (χ1) is 9.31. The molecule has 0 bridgehead atoms. The van der Waals surface area contributed by atoms with Gasteiger partial charge in [-0.15, -0.1) is 23.2 Å². The molecular formula is C11H11Cl2F3N2O2. The number of nitro groups is 1. The zero-order valence-electron chi connectivity index (χ0n) is 10.2. The van der Waals surface area contributed by atoms with Gasteiger partial charge in [0.15, 0.2) is 0 Å². The van der Waals surface area contributed by atoms with E-state index in [1.807, 2.05) is 0 Å². The first kappa shape index (κ1) is 16.8. The van der Waals surface area contributed by atoms with Crippen molar-refractivity contribution in [3.63, 3.8) is 0 Å². The van der Waals surface area contributed by atoms with Crippen LogP contribution in [-0.4, -0.2) is 29.8 Å². The fourth-order valence-corrected chi connectivity index (χ4v) is 2.11. The van der Waals surface area contributed by atoms with Crippen molar-refractivity contribution in [2.45, 2.75) is 6.18 Å². The van der Waals surface area contributed by atoms with E-state index in [1.54, 1.807) is 0 Å². The van der Waals surface area contributed by atoms with Crippen molar-refractivity contribution in [2.75, 3.05) is 29.7 Å². The molecule has 112 valence electrons. The molecule has 0 fully saturated rings. The highest BCUT2D eigenvalue weighted by molar-refractivity contribution is 6.18. The third-order valence-corrected chi connectivity index (χ3v) is 2.88. The Labute approximate surface area is 123 Å². The van der Waals surface area contributed by atoms with Gasteiger partial charge >= 0.3 is 6.18 Å². The maximum Gasteiger partial charge on any atom is 0.418 e. The predicted octanol–water partition coefficient (Wildman–Crippen LogP) is 3.90. The summed E-state index contributed by atoms with van der Waals surface area (Å²) in [5.41, 5.74) is -1.84. The van der Waals surface area contributed by atoms with Gasteiger partial charge in [0.05, 0.1) is 10.5 Å². The van der Waals surface area contributed by atoms with Crippen LogP contribution in [0, 0.1) is 10.1 Å². The quantitative estimate of drug-likeness (QED) is 0.451. The van der Waals surface area contributed by atoms with E-state index in [0.29, 0.717) is 6.07 Å². The number of hydrogen-bond acceptors (Lipinski definition) is 3. The van der Waals surface area contributed by atoms with E-state index >= 15 is 0 Å². The minimum atomic E-state index is -4.70. The molecule has 0 atom stereocenters. The monoisotopic (exact) mass is 330 g/mol. The lowest BCUT2D eigenvalue weighted by atomic mass is 10.1. The Kier molecular flexibility index (Phi) is 5.88. The van der Waals surface area contributed by atoms with E-state index in [4.69, 9.17) is 23.2 Å². The first-order valence-electron chi connectivity index (χ1n) is 5.53. The van der Waals surface area contributed by atoms with Crippen LogP contribution < -0.4 is 4.90 Å². The molecule has 0 spiro atoms. The second-order valence-corrected chi connectivity index (χ2v) is 4.58. The molecule has 0 aliphatic heterocycles. The van der Waals surface area contributed by atoms with E-state index in [1.165, 1.54) is 4.90 Å². The van der Waals surface area contributed by atoms with Crippen LogP contribution in [0.3, 0.4) is 0 Å². The van der Waals surface area contributed by atoms with Crippen molar-refractivity contribution < 1.29 is 18.1 Å². The van der Waals surface area contributed by atoms with Crippen molar-refractivity contribution in [1.29, 1.82) is 0 Å². The number of non-ortho nitro benzene ring substituents is 1. The van der Waals surface area contributed by atoms with Gasteiger partial charge in [-0.25, -0.2) is 0 Å². The molecule has 0 unspecified atom stereocenters. The van der Waals surface area contributed by atoms with E-state index in [-0.39, 0.29) is 30.5 Å². The Balaban J connectivity index is 3.33. The highest BCUT2D eigenvalue weighted by Gasteiger charge is 2.36. The average Bonchev–Trinajstić information content (AvgIpc) is 2.36. The number of benzene rings is 1. The Hall–Kier alpha value is -1.21. The van der Waals surface area contributed by atoms with Gasteiger partial charge in [0.25, 0.3) is 5.69 Å². The van der Waals surface area contributed by atoms with Crippen LogP contribution in [0.2, 0.25) is 0 Å². The summed E-state index contributed by atoms with van der Waals surface area (Å²) in [6.07, 6.45) is -4.70. The molecule has 0 saturated heterocycles. The Morgan fingerprint density at radius 2 is 1.75 bits per heavy atom. The lowest BCUT2D eigenvalue weighted by Crippen LogP contribution is -2.29. The number of nitro benzene ring substituents is 1. The fraction of sp³-hybridized carbons (Fsp3) is 0.455. The van der Waals surface area contributed by atoms with E-state index < -0.39 is 22.4 Å². The van der Waals surface area contributed by atoms with Crippen molar-refractivity contribution in [3.8, 4) is 0 Å². The minimum Gasteiger partial charge on any atom is -0.369 e. The third-order valence-electron chi connectivity index (χ3n) is 2.55. The predicted molar refractivity (Wildman–Crippen MR) is 71.8 cm³/mol. The van der Waals surface area contributed by atoms with Gasteiger partial charge in [-0.05, 0) is 6.07 Å². The number of halogens is 5. The van der Waals surface area contributed by atoms with E-state index in [0.717, 1.165) is 12.1 Å². The summed E-state index contributed by atoms with van der Waals surface area (Å²) in [6.45, 7) is 0.324. The molecule has 0 amide bonds. The summed E-state index contributed by atoms with van der Waals surface area (Å²) in [5.74, 6) is 0.232. The number of alkyl halides is 5. The first-order valence-corrected chi connectivity index (χ1v) is 6.60. The number of rotatable bonds is 6. The Morgan fingerprint density at radius 3 is 2.15 bits per heavy atom. The zero-order chi connectivity index (χ0) is 15.3. The van der Waals surface area contributed by atoms with Crippen LogP contribution in [0.25, 0.3) is 0 Å². The molecule has 0 aliphatic carbocycles. The van der Waals surface area contributed by atoms with Gasteiger partial charge in [0.2, 0.25) is 0 Å². The van der Waals surface area contributed by atoms with E-state index in [9.17, 15) is 23.3 Å². The van der Waals surface area contributed by atoms with E-state index in [2.05, 4.69) is 0 Å². The van der Waals surface area contributed by atoms with Crippen LogP contribution in [0.15, 0.2) is 18.2 Å². The largest absolute Gasteiger partial charge is 0.418 e. The highest BCUT2D eigenvalue weighted by Crippen LogP contribution is 2.38. The molecular weight excluding hydrogens is 320 g/mol. The van der Waals surface area contributed by atoms with Gasteiger partial charge in [-0.3, -0.25) is 10.1 Å². The average molecular weight is 331 g/mol. The minimum absolute atomic E-state index is 0.116. The van der Waals surface area contributed by atoms with Crippen molar-refractivity contribution in [3.05, 3.63) is 33.9 Å². The summed E-state index contributed by atoms with van der Waals surface area (Å²) in [4.78, 5) is 11.1. The Bertz CT molecular complexity index is 477. The normalized spacial score (nSPS) is 11.4. The molecule has 1 aromatic rings. The molecule has 9 heteroatoms. The van der Waals surface area contributed by atoms with Crippen LogP contribution >= 0.6 is 23.2 Å². The van der Waals surface area contributed by atoms with Gasteiger partial charge in [0.1, 0.15) is 0 Å². The summed E-state index contributed by atoms with van der Waals surface area (Å²) in [6, 6.07) is 2.62. The smallest absolute Gasteiger partial charge is 0.369 e. The van der Waals surface area contributed by atoms with Gasteiger partial charge in [-0.2, -0.15) is 13.2 Å². The SMILES string of the molecule is O=[N+]([O-])c1ccc(N(CCCl)CCCl)c(C(F)(F)F)c1. The molecule has 0 N–H and O–H groups in total. The summed E-state index contributed by atoms with van der Waals surface area (Å²) >= 11 is 11.1. The number of anilines is 1. The highest BCUT2D eigenvalue weighted by atomic mass is 35.5. The fourth-order valence-electron chi connectivity index (χ4n) is 1.70. The summed E-state index contributed by atoms with van der Waals surface area (Å²) in [5, 5.41) is 10.6. The lowest BCUT2D eigenvalue weighted by molar-refractivity contribution is -0.385. The summed E-state index contributed by atoms with van der Waals surface area (Å²) < 4.78 is 39.1. The van der Waals surface area contributed by atoms with Crippen molar-refractivity contribution in [1.82, 2.24) is 0 Å². The molecule has 0 saturated carbocycles. The van der Waals surface area contributed by atoms with Gasteiger partial charge in [0, 0.05) is 42.7 Å². The molecule has 1 aromatic carbocycles. The second-order valence-electron chi connectivity index (χ2n) is 3.82. The Morgan fingerprint density at radius 1 is 1.20 bits per heavy atom.